The first-order valence-electron chi connectivity index (χ1n) is 14.1. The number of aliphatic imine (C=N–C) groups is 1. The lowest BCUT2D eigenvalue weighted by Crippen LogP contribution is -2.53. The molecule has 0 radical (unpaired) electrons. The molecule has 0 fully saturated rings. The Kier molecular flexibility index (Phi) is 12.3. The summed E-state index contributed by atoms with van der Waals surface area (Å²) in [5, 5.41) is 13.3. The van der Waals surface area contributed by atoms with E-state index < -0.39 is 29.8 Å². The molecule has 3 aromatic carbocycles. The molecule has 43 heavy (non-hydrogen) atoms. The minimum atomic E-state index is -0.956. The van der Waals surface area contributed by atoms with E-state index in [2.05, 4.69) is 15.6 Å². The van der Waals surface area contributed by atoms with Gasteiger partial charge in [-0.3, -0.25) is 24.8 Å². The van der Waals surface area contributed by atoms with Crippen LogP contribution in [-0.4, -0.2) is 48.1 Å². The molecular formula is C32H40N8O3. The Labute approximate surface area is 251 Å². The lowest BCUT2D eigenvalue weighted by molar-refractivity contribution is -0.132. The third kappa shape index (κ3) is 10.6. The van der Waals surface area contributed by atoms with Gasteiger partial charge in [-0.2, -0.15) is 0 Å². The van der Waals surface area contributed by atoms with Crippen molar-refractivity contribution in [1.29, 1.82) is 5.41 Å². The zero-order valence-corrected chi connectivity index (χ0v) is 24.0. The van der Waals surface area contributed by atoms with Gasteiger partial charge >= 0.3 is 0 Å². The van der Waals surface area contributed by atoms with Crippen molar-refractivity contribution < 1.29 is 14.4 Å². The second-order valence-electron chi connectivity index (χ2n) is 10.3. The number of nitrogens with two attached hydrogens (primary N) is 4. The summed E-state index contributed by atoms with van der Waals surface area (Å²) in [6, 6.07) is 24.2. The monoisotopic (exact) mass is 584 g/mol. The number of carbonyl (C=O) groups excluding carboxylic acids is 3. The topological polar surface area (TPSA) is 216 Å². The van der Waals surface area contributed by atoms with Crippen molar-refractivity contribution >= 4 is 29.5 Å². The normalized spacial score (nSPS) is 12.7. The first-order valence-corrected chi connectivity index (χ1v) is 14.1. The lowest BCUT2D eigenvalue weighted by Gasteiger charge is -2.25. The highest BCUT2D eigenvalue weighted by Crippen LogP contribution is 2.22. The number of aryl methyl sites for hydroxylation is 1. The summed E-state index contributed by atoms with van der Waals surface area (Å²) in [6.07, 6.45) is 1.84. The van der Waals surface area contributed by atoms with Crippen molar-refractivity contribution in [2.45, 2.75) is 50.1 Å². The van der Waals surface area contributed by atoms with Crippen molar-refractivity contribution in [2.75, 3.05) is 6.54 Å². The summed E-state index contributed by atoms with van der Waals surface area (Å²) < 4.78 is 0. The molecule has 0 bridgehead atoms. The predicted octanol–water partition coefficient (Wildman–Crippen LogP) is 1.44. The molecule has 3 amide bonds. The van der Waals surface area contributed by atoms with Crippen LogP contribution < -0.4 is 33.6 Å². The van der Waals surface area contributed by atoms with Crippen LogP contribution >= 0.6 is 0 Å². The van der Waals surface area contributed by atoms with Gasteiger partial charge in [-0.15, -0.1) is 0 Å². The van der Waals surface area contributed by atoms with E-state index in [0.717, 1.165) is 16.7 Å². The summed E-state index contributed by atoms with van der Waals surface area (Å²) in [5.74, 6) is -2.25. The molecule has 226 valence electrons. The SMILES string of the molecule is N=C(N)c1ccc(C[C@H](C(=O)N[C@@H](CCc2ccccc2)C(=O)NC(CCCN=C(N)N)C(N)=O)c2ccccc2)cc1. The van der Waals surface area contributed by atoms with E-state index in [1.54, 1.807) is 12.1 Å². The third-order valence-corrected chi connectivity index (χ3v) is 7.03. The Morgan fingerprint density at radius 2 is 1.33 bits per heavy atom. The van der Waals surface area contributed by atoms with Crippen LogP contribution in [0.1, 0.15) is 47.4 Å². The van der Waals surface area contributed by atoms with Gasteiger partial charge in [0.2, 0.25) is 17.7 Å². The number of nitrogens with zero attached hydrogens (tertiary/aromatic N) is 1. The molecule has 0 aliphatic carbocycles. The van der Waals surface area contributed by atoms with Gasteiger partial charge in [-0.25, -0.2) is 0 Å². The number of guanidine groups is 1. The maximum Gasteiger partial charge on any atom is 0.243 e. The van der Waals surface area contributed by atoms with Crippen molar-refractivity contribution in [1.82, 2.24) is 10.6 Å². The van der Waals surface area contributed by atoms with Gasteiger partial charge in [0.05, 0.1) is 5.92 Å². The minimum absolute atomic E-state index is 0.0401. The Morgan fingerprint density at radius 1 is 0.721 bits per heavy atom. The standard InChI is InChI=1S/C32H40N8O3/c33-28(34)24-16-13-22(14-17-24)20-25(23-10-5-2-6-11-23)30(42)40-27(18-15-21-8-3-1-4-9-21)31(43)39-26(29(35)41)12-7-19-38-32(36)37/h1-6,8-11,13-14,16-17,25-27H,7,12,15,18-20H2,(H3,33,34)(H2,35,41)(H,39,43)(H,40,42)(H4,36,37,38)/t25-,26?,27-/m0/s1. The number of nitrogens with one attached hydrogen (secondary N) is 3. The van der Waals surface area contributed by atoms with Crippen molar-refractivity contribution in [3.05, 3.63) is 107 Å². The zero-order valence-electron chi connectivity index (χ0n) is 24.0. The summed E-state index contributed by atoms with van der Waals surface area (Å²) >= 11 is 0. The third-order valence-electron chi connectivity index (χ3n) is 7.03. The van der Waals surface area contributed by atoms with Gasteiger partial charge in [0.1, 0.15) is 17.9 Å². The molecule has 11 heteroatoms. The number of primary amides is 1. The van der Waals surface area contributed by atoms with Crippen LogP contribution in [0.5, 0.6) is 0 Å². The Bertz CT molecular complexity index is 1390. The molecule has 0 saturated carbocycles. The second kappa shape index (κ2) is 16.3. The summed E-state index contributed by atoms with van der Waals surface area (Å²) in [6.45, 7) is 0.280. The fourth-order valence-electron chi connectivity index (χ4n) is 4.66. The largest absolute Gasteiger partial charge is 0.384 e. The summed E-state index contributed by atoms with van der Waals surface area (Å²) in [4.78, 5) is 43.5. The van der Waals surface area contributed by atoms with Gasteiger partial charge in [-0.05, 0) is 48.8 Å². The summed E-state index contributed by atoms with van der Waals surface area (Å²) in [7, 11) is 0. The van der Waals surface area contributed by atoms with Crippen molar-refractivity contribution in [3.63, 3.8) is 0 Å². The maximum absolute atomic E-state index is 13.9. The Morgan fingerprint density at radius 3 is 1.91 bits per heavy atom. The van der Waals surface area contributed by atoms with Crippen LogP contribution in [0.25, 0.3) is 0 Å². The molecular weight excluding hydrogens is 544 g/mol. The molecule has 3 aromatic rings. The predicted molar refractivity (Wildman–Crippen MR) is 168 cm³/mol. The molecule has 0 saturated heterocycles. The second-order valence-corrected chi connectivity index (χ2v) is 10.3. The molecule has 11 nitrogen and oxygen atoms in total. The van der Waals surface area contributed by atoms with Crippen LogP contribution in [0.2, 0.25) is 0 Å². The van der Waals surface area contributed by atoms with Crippen LogP contribution in [-0.2, 0) is 27.2 Å². The van der Waals surface area contributed by atoms with Crippen LogP contribution in [0.15, 0.2) is 89.9 Å². The molecule has 1 unspecified atom stereocenters. The maximum atomic E-state index is 13.9. The van der Waals surface area contributed by atoms with E-state index >= 15 is 0 Å². The highest BCUT2D eigenvalue weighted by atomic mass is 16.2. The number of carbonyl (C=O) groups is 3. The van der Waals surface area contributed by atoms with Gasteiger partial charge in [0, 0.05) is 12.1 Å². The van der Waals surface area contributed by atoms with E-state index in [4.69, 9.17) is 28.3 Å². The van der Waals surface area contributed by atoms with E-state index in [-0.39, 0.29) is 30.7 Å². The number of benzene rings is 3. The fraction of sp³-hybridized carbons (Fsp3) is 0.281. The molecule has 0 aliphatic rings. The number of hydrogen-bond donors (Lipinski definition) is 7. The number of amides is 3. The number of amidine groups is 1. The number of rotatable bonds is 16. The Hall–Kier alpha value is -5.19. The highest BCUT2D eigenvalue weighted by molar-refractivity contribution is 5.95. The molecule has 0 aromatic heterocycles. The molecule has 11 N–H and O–H groups in total. The molecule has 3 rings (SSSR count). The average Bonchev–Trinajstić information content (AvgIpc) is 3.00. The average molecular weight is 585 g/mol. The smallest absolute Gasteiger partial charge is 0.243 e. The number of nitrogen functional groups attached to an aromatic ring is 1. The fourth-order valence-corrected chi connectivity index (χ4v) is 4.66. The van der Waals surface area contributed by atoms with Crippen LogP contribution in [0.4, 0.5) is 0 Å². The van der Waals surface area contributed by atoms with E-state index in [1.165, 1.54) is 0 Å². The van der Waals surface area contributed by atoms with Crippen molar-refractivity contribution in [3.8, 4) is 0 Å². The quantitative estimate of drug-likeness (QED) is 0.0750. The van der Waals surface area contributed by atoms with Gasteiger partial charge in [-0.1, -0.05) is 84.9 Å². The Balaban J connectivity index is 1.82. The first-order chi connectivity index (χ1) is 20.6. The molecule has 0 aliphatic heterocycles. The van der Waals surface area contributed by atoms with Gasteiger partial charge in [0.15, 0.2) is 5.96 Å². The molecule has 0 spiro atoms. The van der Waals surface area contributed by atoms with Crippen LogP contribution in [0, 0.1) is 5.41 Å². The first kappa shape index (κ1) is 32.3. The van der Waals surface area contributed by atoms with E-state index in [9.17, 15) is 14.4 Å². The van der Waals surface area contributed by atoms with Gasteiger partial charge in [0.25, 0.3) is 0 Å². The minimum Gasteiger partial charge on any atom is -0.384 e. The van der Waals surface area contributed by atoms with Crippen LogP contribution in [0.3, 0.4) is 0 Å². The molecule has 0 heterocycles. The van der Waals surface area contributed by atoms with Crippen molar-refractivity contribution in [2.24, 2.45) is 27.9 Å². The zero-order chi connectivity index (χ0) is 31.2. The van der Waals surface area contributed by atoms with E-state index in [0.29, 0.717) is 31.2 Å². The molecule has 3 atom stereocenters. The lowest BCUT2D eigenvalue weighted by atomic mass is 9.90. The number of hydrogen-bond acceptors (Lipinski definition) is 5. The highest BCUT2D eigenvalue weighted by Gasteiger charge is 2.29. The van der Waals surface area contributed by atoms with Gasteiger partial charge < -0.3 is 33.6 Å². The van der Waals surface area contributed by atoms with E-state index in [1.807, 2.05) is 72.8 Å². The summed E-state index contributed by atoms with van der Waals surface area (Å²) in [5.41, 5.74) is 25.2.